The molecule has 0 fully saturated rings. The molecule has 0 spiro atoms. The number of carboxylic acid groups (broad SMARTS) is 1. The van der Waals surface area contributed by atoms with E-state index in [9.17, 15) is 4.79 Å². The van der Waals surface area contributed by atoms with Crippen molar-refractivity contribution >= 4 is 16.9 Å². The number of nitrogens with zero attached hydrogens (tertiary/aromatic N) is 1. The molecule has 0 atom stereocenters. The van der Waals surface area contributed by atoms with Gasteiger partial charge in [-0.2, -0.15) is 0 Å². The second-order valence-electron chi connectivity index (χ2n) is 3.45. The molecule has 3 rings (SSSR count). The number of rotatable bonds is 1. The molecule has 0 saturated carbocycles. The van der Waals surface area contributed by atoms with E-state index in [1.807, 2.05) is 24.3 Å². The van der Waals surface area contributed by atoms with Gasteiger partial charge in [0.2, 0.25) is 5.76 Å². The Morgan fingerprint density at radius 2 is 2.06 bits per heavy atom. The van der Waals surface area contributed by atoms with Gasteiger partial charge in [0.05, 0.1) is 11.8 Å². The van der Waals surface area contributed by atoms with Crippen molar-refractivity contribution in [2.75, 3.05) is 0 Å². The van der Waals surface area contributed by atoms with Crippen molar-refractivity contribution in [2.45, 2.75) is 0 Å². The zero-order chi connectivity index (χ0) is 11.1. The SMILES string of the molecule is O=C(O)c1occc2c3ccccc3nc1-2. The van der Waals surface area contributed by atoms with E-state index in [1.165, 1.54) is 6.26 Å². The molecule has 2 aliphatic heterocycles. The Morgan fingerprint density at radius 1 is 1.25 bits per heavy atom. The number of para-hydroxylation sites is 1. The molecule has 0 bridgehead atoms. The number of benzene rings is 1. The maximum atomic E-state index is 11.0. The van der Waals surface area contributed by atoms with E-state index in [0.29, 0.717) is 5.69 Å². The minimum absolute atomic E-state index is 0.117. The summed E-state index contributed by atoms with van der Waals surface area (Å²) >= 11 is 0. The van der Waals surface area contributed by atoms with Crippen molar-refractivity contribution < 1.29 is 14.3 Å². The molecule has 1 aromatic carbocycles. The van der Waals surface area contributed by atoms with Gasteiger partial charge in [0.15, 0.2) is 0 Å². The monoisotopic (exact) mass is 213 g/mol. The molecule has 0 amide bonds. The van der Waals surface area contributed by atoms with Gasteiger partial charge < -0.3 is 9.52 Å². The van der Waals surface area contributed by atoms with Crippen LogP contribution in [0.4, 0.5) is 0 Å². The topological polar surface area (TPSA) is 63.3 Å². The Balaban J connectivity index is 2.45. The molecule has 4 heteroatoms. The minimum atomic E-state index is -1.10. The fourth-order valence-corrected chi connectivity index (χ4v) is 1.83. The van der Waals surface area contributed by atoms with Gasteiger partial charge >= 0.3 is 5.97 Å². The average Bonchev–Trinajstić information content (AvgIpc) is 2.67. The predicted octanol–water partition coefficient (Wildman–Crippen LogP) is 2.63. The van der Waals surface area contributed by atoms with E-state index in [2.05, 4.69) is 4.98 Å². The molecule has 1 aromatic rings. The number of aromatic carboxylic acids is 1. The fraction of sp³-hybridized carbons (Fsp3) is 0. The van der Waals surface area contributed by atoms with Crippen LogP contribution in [0.15, 0.2) is 41.0 Å². The van der Waals surface area contributed by atoms with Crippen LogP contribution in [0, 0.1) is 0 Å². The van der Waals surface area contributed by atoms with Gasteiger partial charge in [-0.25, -0.2) is 9.78 Å². The Morgan fingerprint density at radius 3 is 2.88 bits per heavy atom. The van der Waals surface area contributed by atoms with Gasteiger partial charge in [-0.05, 0) is 12.1 Å². The normalized spacial score (nSPS) is 11.0. The number of carbonyl (C=O) groups is 1. The standard InChI is InChI=1S/C12H7NO3/c14-12(15)11-10-8(5-6-16-11)7-3-1-2-4-9(7)13-10/h1-6H,(H,14,15). The zero-order valence-corrected chi connectivity index (χ0v) is 8.18. The minimum Gasteiger partial charge on any atom is -0.475 e. The Bertz CT molecular complexity index is 656. The van der Waals surface area contributed by atoms with Crippen LogP contribution in [0.3, 0.4) is 0 Å². The molecule has 0 radical (unpaired) electrons. The molecule has 78 valence electrons. The van der Waals surface area contributed by atoms with Crippen LogP contribution in [0.25, 0.3) is 22.2 Å². The highest BCUT2D eigenvalue weighted by Crippen LogP contribution is 2.33. The molecule has 2 heterocycles. The maximum Gasteiger partial charge on any atom is 0.374 e. The zero-order valence-electron chi connectivity index (χ0n) is 8.18. The highest BCUT2D eigenvalue weighted by Gasteiger charge is 2.21. The van der Waals surface area contributed by atoms with Crippen LogP contribution in [0.2, 0.25) is 0 Å². The summed E-state index contributed by atoms with van der Waals surface area (Å²) in [6.45, 7) is 0. The van der Waals surface area contributed by atoms with Crippen molar-refractivity contribution in [2.24, 2.45) is 0 Å². The molecule has 0 aromatic heterocycles. The van der Waals surface area contributed by atoms with Crippen molar-refractivity contribution in [1.82, 2.24) is 4.98 Å². The summed E-state index contributed by atoms with van der Waals surface area (Å²) < 4.78 is 4.97. The van der Waals surface area contributed by atoms with Gasteiger partial charge in [-0.3, -0.25) is 0 Å². The highest BCUT2D eigenvalue weighted by molar-refractivity contribution is 6.03. The van der Waals surface area contributed by atoms with Gasteiger partial charge in [-0.1, -0.05) is 18.2 Å². The van der Waals surface area contributed by atoms with Crippen LogP contribution in [0.5, 0.6) is 0 Å². The lowest BCUT2D eigenvalue weighted by Gasteiger charge is -2.00. The Hall–Kier alpha value is -2.36. The predicted molar refractivity (Wildman–Crippen MR) is 57.6 cm³/mol. The summed E-state index contributed by atoms with van der Waals surface area (Å²) in [6.07, 6.45) is 1.37. The lowest BCUT2D eigenvalue weighted by molar-refractivity contribution is 0.0660. The molecule has 0 aliphatic carbocycles. The Labute approximate surface area is 90.5 Å². The summed E-state index contributed by atoms with van der Waals surface area (Å²) in [7, 11) is 0. The van der Waals surface area contributed by atoms with Crippen molar-refractivity contribution in [3.05, 3.63) is 42.4 Å². The second kappa shape index (κ2) is 3.06. The third kappa shape index (κ3) is 1.10. The van der Waals surface area contributed by atoms with Crippen molar-refractivity contribution in [3.8, 4) is 11.3 Å². The quantitative estimate of drug-likeness (QED) is 0.674. The first kappa shape index (κ1) is 8.91. The molecule has 4 nitrogen and oxygen atoms in total. The first-order valence-corrected chi connectivity index (χ1v) is 4.76. The van der Waals surface area contributed by atoms with Crippen LogP contribution in [0.1, 0.15) is 10.6 Å². The number of carboxylic acids is 1. The second-order valence-corrected chi connectivity index (χ2v) is 3.45. The van der Waals surface area contributed by atoms with Crippen molar-refractivity contribution in [3.63, 3.8) is 0 Å². The van der Waals surface area contributed by atoms with E-state index >= 15 is 0 Å². The van der Waals surface area contributed by atoms with Gasteiger partial charge in [0.1, 0.15) is 5.69 Å². The lowest BCUT2D eigenvalue weighted by atomic mass is 10.1. The highest BCUT2D eigenvalue weighted by atomic mass is 16.4. The fourth-order valence-electron chi connectivity index (χ4n) is 1.83. The first-order valence-electron chi connectivity index (χ1n) is 4.76. The molecule has 0 unspecified atom stereocenters. The first-order chi connectivity index (χ1) is 7.77. The molecule has 16 heavy (non-hydrogen) atoms. The number of hydrogen-bond donors (Lipinski definition) is 1. The largest absolute Gasteiger partial charge is 0.475 e. The number of aromatic nitrogens is 1. The molecule has 1 N–H and O–H groups in total. The van der Waals surface area contributed by atoms with Gasteiger partial charge in [0, 0.05) is 10.9 Å². The molecular weight excluding hydrogens is 206 g/mol. The van der Waals surface area contributed by atoms with E-state index in [0.717, 1.165) is 16.5 Å². The van der Waals surface area contributed by atoms with Gasteiger partial charge in [-0.15, -0.1) is 0 Å². The smallest absolute Gasteiger partial charge is 0.374 e. The van der Waals surface area contributed by atoms with E-state index in [1.54, 1.807) is 6.07 Å². The Kier molecular flexibility index (Phi) is 1.71. The third-order valence-corrected chi connectivity index (χ3v) is 2.51. The van der Waals surface area contributed by atoms with Crippen molar-refractivity contribution in [1.29, 1.82) is 0 Å². The van der Waals surface area contributed by atoms with E-state index in [-0.39, 0.29) is 5.76 Å². The average molecular weight is 213 g/mol. The third-order valence-electron chi connectivity index (χ3n) is 2.51. The van der Waals surface area contributed by atoms with E-state index < -0.39 is 5.97 Å². The van der Waals surface area contributed by atoms with Crippen LogP contribution >= 0.6 is 0 Å². The van der Waals surface area contributed by atoms with E-state index in [4.69, 9.17) is 9.52 Å². The molecule has 0 saturated heterocycles. The summed E-state index contributed by atoms with van der Waals surface area (Å²) in [4.78, 5) is 15.2. The summed E-state index contributed by atoms with van der Waals surface area (Å²) in [5, 5.41) is 9.91. The van der Waals surface area contributed by atoms with Crippen LogP contribution in [-0.2, 0) is 0 Å². The molecular formula is C12H7NO3. The maximum absolute atomic E-state index is 11.0. The lowest BCUT2D eigenvalue weighted by Crippen LogP contribution is -1.99. The number of hydrogen-bond acceptors (Lipinski definition) is 3. The van der Waals surface area contributed by atoms with Crippen LogP contribution in [-0.4, -0.2) is 16.1 Å². The summed E-state index contributed by atoms with van der Waals surface area (Å²) in [5.74, 6) is -1.22. The number of fused-ring (bicyclic) bond motifs is 3. The summed E-state index contributed by atoms with van der Waals surface area (Å²) in [5.41, 5.74) is 1.98. The summed E-state index contributed by atoms with van der Waals surface area (Å²) in [6, 6.07) is 9.26. The van der Waals surface area contributed by atoms with Crippen LogP contribution < -0.4 is 0 Å². The van der Waals surface area contributed by atoms with Gasteiger partial charge in [0.25, 0.3) is 0 Å². The molecule has 2 aliphatic rings.